The Bertz CT molecular complexity index is 656. The summed E-state index contributed by atoms with van der Waals surface area (Å²) in [5.74, 6) is -0.383. The smallest absolute Gasteiger partial charge is 0.306 e. The van der Waals surface area contributed by atoms with E-state index in [9.17, 15) is 9.59 Å². The molecule has 0 saturated heterocycles. The average Bonchev–Trinajstić information content (AvgIpc) is 2.64. The fourth-order valence-corrected chi connectivity index (χ4v) is 3.44. The van der Waals surface area contributed by atoms with Crippen LogP contribution in [0.25, 0.3) is 0 Å². The number of aliphatic carboxylic acids is 1. The predicted octanol–water partition coefficient (Wildman–Crippen LogP) is 4.29. The lowest BCUT2D eigenvalue weighted by Gasteiger charge is -2.27. The zero-order chi connectivity index (χ0) is 19.8. The Morgan fingerprint density at radius 3 is 2.48 bits per heavy atom. The first-order chi connectivity index (χ1) is 13.0. The molecule has 27 heavy (non-hydrogen) atoms. The van der Waals surface area contributed by atoms with Gasteiger partial charge >= 0.3 is 5.97 Å². The van der Waals surface area contributed by atoms with E-state index in [4.69, 9.17) is 26.2 Å². The fourth-order valence-electron chi connectivity index (χ4n) is 3.17. The fraction of sp³-hybridized carbons (Fsp3) is 0.600. The van der Waals surface area contributed by atoms with E-state index >= 15 is 0 Å². The van der Waals surface area contributed by atoms with Gasteiger partial charge in [-0.05, 0) is 51.2 Å². The average molecular weight is 398 g/mol. The van der Waals surface area contributed by atoms with Crippen LogP contribution in [0.2, 0.25) is 5.02 Å². The van der Waals surface area contributed by atoms with E-state index in [1.54, 1.807) is 12.1 Å². The first-order valence-corrected chi connectivity index (χ1v) is 9.96. The molecule has 0 radical (unpaired) electrons. The largest absolute Gasteiger partial charge is 0.490 e. The molecule has 1 amide bonds. The standard InChI is InChI=1S/C20H28ClNO5/c1-3-5-10-27-18-16(21)11-14(12-17(18)26-4-2)19(23)22-15-8-6-13(7-9-15)20(24)25/h11-13,15H,3-10H2,1-2H3,(H,22,23)(H,24,25). The van der Waals surface area contributed by atoms with Crippen molar-refractivity contribution in [3.8, 4) is 11.5 Å². The molecule has 0 atom stereocenters. The number of amides is 1. The van der Waals surface area contributed by atoms with Gasteiger partial charge in [0.05, 0.1) is 24.2 Å². The van der Waals surface area contributed by atoms with Crippen LogP contribution in [-0.4, -0.2) is 36.2 Å². The molecule has 1 saturated carbocycles. The summed E-state index contributed by atoms with van der Waals surface area (Å²) in [6, 6.07) is 3.21. The van der Waals surface area contributed by atoms with E-state index in [1.165, 1.54) is 0 Å². The van der Waals surface area contributed by atoms with Gasteiger partial charge in [-0.1, -0.05) is 24.9 Å². The number of hydrogen-bond acceptors (Lipinski definition) is 4. The summed E-state index contributed by atoms with van der Waals surface area (Å²) in [7, 11) is 0. The Labute approximate surface area is 165 Å². The zero-order valence-corrected chi connectivity index (χ0v) is 16.7. The van der Waals surface area contributed by atoms with Gasteiger partial charge in [-0.25, -0.2) is 0 Å². The molecule has 1 aromatic rings. The summed E-state index contributed by atoms with van der Waals surface area (Å²) in [5, 5.41) is 12.4. The third-order valence-corrected chi connectivity index (χ3v) is 5.01. The Balaban J connectivity index is 2.06. The number of nitrogens with one attached hydrogen (secondary N) is 1. The summed E-state index contributed by atoms with van der Waals surface area (Å²) in [6.07, 6.45) is 4.39. The molecule has 7 heteroatoms. The Hall–Kier alpha value is -1.95. The van der Waals surface area contributed by atoms with E-state index in [2.05, 4.69) is 12.2 Å². The van der Waals surface area contributed by atoms with Gasteiger partial charge in [0.2, 0.25) is 0 Å². The maximum atomic E-state index is 12.6. The number of ether oxygens (including phenoxy) is 2. The molecule has 2 N–H and O–H groups in total. The minimum atomic E-state index is -0.758. The second-order valence-corrected chi connectivity index (χ2v) is 7.19. The van der Waals surface area contributed by atoms with Crippen molar-refractivity contribution in [1.29, 1.82) is 0 Å². The normalized spacial score (nSPS) is 19.4. The van der Waals surface area contributed by atoms with Crippen molar-refractivity contribution in [1.82, 2.24) is 5.32 Å². The molecule has 6 nitrogen and oxygen atoms in total. The Morgan fingerprint density at radius 2 is 1.89 bits per heavy atom. The lowest BCUT2D eigenvalue weighted by atomic mass is 9.86. The van der Waals surface area contributed by atoms with Crippen LogP contribution in [0.15, 0.2) is 12.1 Å². The molecule has 1 fully saturated rings. The molecule has 0 aliphatic heterocycles. The summed E-state index contributed by atoms with van der Waals surface area (Å²) >= 11 is 6.34. The SMILES string of the molecule is CCCCOc1c(Cl)cc(C(=O)NC2CCC(C(=O)O)CC2)cc1OCC. The van der Waals surface area contributed by atoms with Gasteiger partial charge in [-0.15, -0.1) is 0 Å². The first kappa shape index (κ1) is 21.4. The maximum Gasteiger partial charge on any atom is 0.306 e. The molecule has 1 aliphatic carbocycles. The molecule has 0 heterocycles. The highest BCUT2D eigenvalue weighted by atomic mass is 35.5. The number of unbranched alkanes of at least 4 members (excludes halogenated alkanes) is 1. The second-order valence-electron chi connectivity index (χ2n) is 6.78. The Kier molecular flexibility index (Phi) is 8.23. The minimum Gasteiger partial charge on any atom is -0.490 e. The Morgan fingerprint density at radius 1 is 1.19 bits per heavy atom. The predicted molar refractivity (Wildman–Crippen MR) is 104 cm³/mol. The van der Waals surface area contributed by atoms with Crippen LogP contribution >= 0.6 is 11.6 Å². The molecule has 0 unspecified atom stereocenters. The van der Waals surface area contributed by atoms with Crippen LogP contribution in [0, 0.1) is 5.92 Å². The van der Waals surface area contributed by atoms with Gasteiger partial charge in [0.25, 0.3) is 5.91 Å². The summed E-state index contributed by atoms with van der Waals surface area (Å²) in [5.41, 5.74) is 0.409. The summed E-state index contributed by atoms with van der Waals surface area (Å²) in [4.78, 5) is 23.7. The monoisotopic (exact) mass is 397 g/mol. The van der Waals surface area contributed by atoms with Crippen LogP contribution < -0.4 is 14.8 Å². The van der Waals surface area contributed by atoms with Gasteiger partial charge in [-0.2, -0.15) is 0 Å². The lowest BCUT2D eigenvalue weighted by Crippen LogP contribution is -2.38. The summed E-state index contributed by atoms with van der Waals surface area (Å²) in [6.45, 7) is 4.91. The van der Waals surface area contributed by atoms with E-state index < -0.39 is 5.97 Å². The lowest BCUT2D eigenvalue weighted by molar-refractivity contribution is -0.142. The minimum absolute atomic E-state index is 0.0251. The van der Waals surface area contributed by atoms with Gasteiger partial charge in [0.1, 0.15) is 0 Å². The van der Waals surface area contributed by atoms with Crippen LogP contribution in [0.4, 0.5) is 0 Å². The van der Waals surface area contributed by atoms with Crippen molar-refractivity contribution >= 4 is 23.5 Å². The highest BCUT2D eigenvalue weighted by Gasteiger charge is 2.27. The van der Waals surface area contributed by atoms with Gasteiger partial charge < -0.3 is 19.9 Å². The number of carbonyl (C=O) groups is 2. The number of carboxylic acid groups (broad SMARTS) is 1. The first-order valence-electron chi connectivity index (χ1n) is 9.59. The number of carboxylic acids is 1. The van der Waals surface area contributed by atoms with Crippen molar-refractivity contribution in [3.05, 3.63) is 22.7 Å². The molecule has 2 rings (SSSR count). The molecule has 150 valence electrons. The van der Waals surface area contributed by atoms with E-state index in [0.29, 0.717) is 61.0 Å². The molecular weight excluding hydrogens is 370 g/mol. The maximum absolute atomic E-state index is 12.6. The van der Waals surface area contributed by atoms with Crippen molar-refractivity contribution in [3.63, 3.8) is 0 Å². The van der Waals surface area contributed by atoms with Crippen LogP contribution in [0.3, 0.4) is 0 Å². The van der Waals surface area contributed by atoms with Crippen LogP contribution in [-0.2, 0) is 4.79 Å². The second kappa shape index (κ2) is 10.4. The third kappa shape index (κ3) is 6.03. The molecular formula is C20H28ClNO5. The van der Waals surface area contributed by atoms with Crippen molar-refractivity contribution in [2.75, 3.05) is 13.2 Å². The van der Waals surface area contributed by atoms with Crippen molar-refractivity contribution in [2.24, 2.45) is 5.92 Å². The molecule has 1 aromatic carbocycles. The molecule has 0 aromatic heterocycles. The van der Waals surface area contributed by atoms with E-state index in [-0.39, 0.29) is 17.9 Å². The highest BCUT2D eigenvalue weighted by Crippen LogP contribution is 2.37. The van der Waals surface area contributed by atoms with Crippen LogP contribution in [0.5, 0.6) is 11.5 Å². The van der Waals surface area contributed by atoms with Crippen molar-refractivity contribution < 1.29 is 24.2 Å². The number of hydrogen-bond donors (Lipinski definition) is 2. The van der Waals surface area contributed by atoms with Gasteiger partial charge in [0, 0.05) is 11.6 Å². The number of carbonyl (C=O) groups excluding carboxylic acids is 1. The highest BCUT2D eigenvalue weighted by molar-refractivity contribution is 6.32. The van der Waals surface area contributed by atoms with Crippen molar-refractivity contribution in [2.45, 2.75) is 58.4 Å². The molecule has 1 aliphatic rings. The third-order valence-electron chi connectivity index (χ3n) is 4.73. The number of benzene rings is 1. The van der Waals surface area contributed by atoms with Gasteiger partial charge in [-0.3, -0.25) is 9.59 Å². The number of rotatable bonds is 9. The molecule has 0 bridgehead atoms. The van der Waals surface area contributed by atoms with Crippen LogP contribution in [0.1, 0.15) is 62.7 Å². The zero-order valence-electron chi connectivity index (χ0n) is 15.9. The van der Waals surface area contributed by atoms with E-state index in [1.807, 2.05) is 6.92 Å². The van der Waals surface area contributed by atoms with Gasteiger partial charge in [0.15, 0.2) is 11.5 Å². The van der Waals surface area contributed by atoms with E-state index in [0.717, 1.165) is 12.8 Å². The quantitative estimate of drug-likeness (QED) is 0.607. The molecule has 0 spiro atoms. The number of halogens is 1. The topological polar surface area (TPSA) is 84.9 Å². The summed E-state index contributed by atoms with van der Waals surface area (Å²) < 4.78 is 11.4.